The minimum absolute atomic E-state index is 0.0701. The van der Waals surface area contributed by atoms with Gasteiger partial charge in [0.05, 0.1) is 28.1 Å². The minimum Gasteiger partial charge on any atom is -0.493 e. The minimum atomic E-state index is -3.82. The van der Waals surface area contributed by atoms with Gasteiger partial charge in [-0.1, -0.05) is 12.1 Å². The molecule has 0 radical (unpaired) electrons. The average Bonchev–Trinajstić information content (AvgIpc) is 3.95. The molecule has 8 rings (SSSR count). The molecule has 2 aromatic carbocycles. The van der Waals surface area contributed by atoms with E-state index in [1.807, 2.05) is 13.0 Å². The van der Waals surface area contributed by atoms with Gasteiger partial charge in [-0.05, 0) is 81.5 Å². The zero-order valence-corrected chi connectivity index (χ0v) is 27.1. The van der Waals surface area contributed by atoms with E-state index in [0.717, 1.165) is 22.5 Å². The third-order valence-corrected chi connectivity index (χ3v) is 10.4. The molecule has 1 aromatic heterocycles. The number of carbonyl (C=O) groups is 2. The lowest BCUT2D eigenvalue weighted by molar-refractivity contribution is -0.286. The number of hydrogen-bond acceptors (Lipinski definition) is 10. The summed E-state index contributed by atoms with van der Waals surface area (Å²) in [5.41, 5.74) is 4.42. The van der Waals surface area contributed by atoms with E-state index in [2.05, 4.69) is 20.4 Å². The summed E-state index contributed by atoms with van der Waals surface area (Å²) in [6.45, 7) is 4.99. The number of rotatable bonds is 9. The highest BCUT2D eigenvalue weighted by molar-refractivity contribution is 7.18. The number of nitrogens with two attached hydrogens (primary N) is 1. The summed E-state index contributed by atoms with van der Waals surface area (Å²) in [5.74, 6) is -0.499. The summed E-state index contributed by atoms with van der Waals surface area (Å²) in [6.07, 6.45) is 2.13. The predicted octanol–water partition coefficient (Wildman–Crippen LogP) is 4.44. The third-order valence-electron chi connectivity index (χ3n) is 9.53. The zero-order chi connectivity index (χ0) is 33.8. The molecule has 2 aliphatic carbocycles. The molecule has 0 bridgehead atoms. The van der Waals surface area contributed by atoms with Crippen LogP contribution >= 0.6 is 11.3 Å². The molecule has 2 amide bonds. The van der Waals surface area contributed by atoms with E-state index >= 15 is 0 Å². The first kappa shape index (κ1) is 30.6. The number of ether oxygens (including phenoxy) is 4. The molecular weight excluding hydrogens is 646 g/mol. The number of hydrogen-bond donors (Lipinski definition) is 4. The normalized spacial score (nSPS) is 26.1. The number of dihydropyridines is 1. The van der Waals surface area contributed by atoms with Gasteiger partial charge in [0, 0.05) is 11.1 Å². The average molecular weight is 679 g/mol. The number of primary amides is 1. The fourth-order valence-electron chi connectivity index (χ4n) is 6.43. The number of carbonyl (C=O) groups excluding carboxylic acids is 2. The fourth-order valence-corrected chi connectivity index (χ4v) is 7.32. The lowest BCUT2D eigenvalue weighted by atomic mass is 9.74. The smallest absolute Gasteiger partial charge is 0.493 e. The quantitative estimate of drug-likeness (QED) is 0.241. The summed E-state index contributed by atoms with van der Waals surface area (Å²) < 4.78 is 50.2. The third kappa shape index (κ3) is 4.88. The molecule has 1 saturated carbocycles. The maximum absolute atomic E-state index is 13.9. The van der Waals surface area contributed by atoms with Crippen LogP contribution in [0.2, 0.25) is 0 Å². The Hall–Kier alpha value is -4.69. The van der Waals surface area contributed by atoms with Gasteiger partial charge in [0.2, 0.25) is 5.91 Å². The number of fused-ring (bicyclic) bond motifs is 2. The number of aliphatic hydroxyl groups is 1. The highest BCUT2D eigenvalue weighted by atomic mass is 32.1. The van der Waals surface area contributed by atoms with Crippen LogP contribution in [0.4, 0.5) is 8.78 Å². The van der Waals surface area contributed by atoms with Crippen molar-refractivity contribution in [2.45, 2.75) is 63.6 Å². The highest BCUT2D eigenvalue weighted by Crippen LogP contribution is 2.52. The Morgan fingerprint density at radius 3 is 2.67 bits per heavy atom. The van der Waals surface area contributed by atoms with E-state index in [0.29, 0.717) is 45.7 Å². The number of aryl methyl sites for hydroxylation is 1. The Bertz CT molecular complexity index is 2040. The van der Waals surface area contributed by atoms with Gasteiger partial charge in [-0.15, -0.1) is 20.1 Å². The number of nitrogens with zero attached hydrogens (tertiary/aromatic N) is 1. The molecule has 14 heteroatoms. The van der Waals surface area contributed by atoms with Crippen molar-refractivity contribution in [3.8, 4) is 17.2 Å². The van der Waals surface area contributed by atoms with Crippen molar-refractivity contribution in [1.82, 2.24) is 15.6 Å². The molecule has 0 spiro atoms. The Balaban J connectivity index is 1.15. The molecule has 250 valence electrons. The molecule has 5 N–H and O–H groups in total. The van der Waals surface area contributed by atoms with Gasteiger partial charge < -0.3 is 40.4 Å². The first-order valence-electron chi connectivity index (χ1n) is 15.6. The molecule has 3 aromatic rings. The number of thiazole rings is 1. The maximum atomic E-state index is 13.9. The van der Waals surface area contributed by atoms with Crippen molar-refractivity contribution >= 4 is 33.4 Å². The molecule has 0 saturated heterocycles. The summed E-state index contributed by atoms with van der Waals surface area (Å²) in [6, 6.07) is 7.76. The number of benzene rings is 2. The van der Waals surface area contributed by atoms with E-state index in [1.54, 1.807) is 38.1 Å². The van der Waals surface area contributed by atoms with E-state index in [1.165, 1.54) is 23.5 Å². The summed E-state index contributed by atoms with van der Waals surface area (Å²) in [4.78, 5) is 31.1. The number of aromatic nitrogens is 1. The van der Waals surface area contributed by atoms with E-state index < -0.39 is 34.7 Å². The number of halogens is 2. The summed E-state index contributed by atoms with van der Waals surface area (Å²) in [7, 11) is 0. The molecule has 11 nitrogen and oxygen atoms in total. The Labute approximate surface area is 277 Å². The predicted molar refractivity (Wildman–Crippen MR) is 169 cm³/mol. The Morgan fingerprint density at radius 2 is 1.96 bits per heavy atom. The Kier molecular flexibility index (Phi) is 6.48. The lowest BCUT2D eigenvalue weighted by Crippen LogP contribution is -2.54. The molecule has 5 aliphatic rings. The largest absolute Gasteiger partial charge is 0.586 e. The van der Waals surface area contributed by atoms with Crippen LogP contribution in [0, 0.1) is 12.3 Å². The first-order chi connectivity index (χ1) is 22.7. The lowest BCUT2D eigenvalue weighted by Gasteiger charge is -2.42. The fraction of sp³-hybridized carbons (Fsp3) is 0.382. The molecule has 48 heavy (non-hydrogen) atoms. The maximum Gasteiger partial charge on any atom is 0.586 e. The van der Waals surface area contributed by atoms with E-state index in [4.69, 9.17) is 19.9 Å². The van der Waals surface area contributed by atoms with Gasteiger partial charge in [0.15, 0.2) is 11.5 Å². The van der Waals surface area contributed by atoms with Crippen LogP contribution in [0.25, 0.3) is 10.2 Å². The Morgan fingerprint density at radius 1 is 1.21 bits per heavy atom. The molecule has 3 aliphatic heterocycles. The second-order valence-corrected chi connectivity index (χ2v) is 14.4. The van der Waals surface area contributed by atoms with Crippen molar-refractivity contribution in [3.63, 3.8) is 0 Å². The van der Waals surface area contributed by atoms with Crippen LogP contribution in [0.1, 0.15) is 54.0 Å². The first-order valence-corrected chi connectivity index (χ1v) is 16.4. The van der Waals surface area contributed by atoms with Gasteiger partial charge in [0.25, 0.3) is 5.91 Å². The van der Waals surface area contributed by atoms with Crippen LogP contribution in [0.3, 0.4) is 0 Å². The summed E-state index contributed by atoms with van der Waals surface area (Å²) in [5, 5.41) is 19.5. The zero-order valence-electron chi connectivity index (χ0n) is 26.2. The highest BCUT2D eigenvalue weighted by Gasteiger charge is 2.55. The van der Waals surface area contributed by atoms with Crippen molar-refractivity contribution in [1.29, 1.82) is 0 Å². The van der Waals surface area contributed by atoms with Gasteiger partial charge >= 0.3 is 6.29 Å². The van der Waals surface area contributed by atoms with Gasteiger partial charge in [-0.3, -0.25) is 9.59 Å². The molecule has 4 heterocycles. The summed E-state index contributed by atoms with van der Waals surface area (Å²) >= 11 is 1.46. The molecule has 1 fully saturated rings. The van der Waals surface area contributed by atoms with Crippen LogP contribution in [-0.2, 0) is 15.1 Å². The molecule has 1 unspecified atom stereocenters. The second-order valence-electron chi connectivity index (χ2n) is 13.2. The number of alkyl halides is 2. The van der Waals surface area contributed by atoms with Crippen LogP contribution < -0.4 is 30.6 Å². The topological polar surface area (TPSA) is 154 Å². The second kappa shape index (κ2) is 10.2. The van der Waals surface area contributed by atoms with Crippen molar-refractivity contribution in [3.05, 3.63) is 81.2 Å². The van der Waals surface area contributed by atoms with Crippen LogP contribution in [0.5, 0.6) is 17.2 Å². The van der Waals surface area contributed by atoms with E-state index in [-0.39, 0.29) is 36.5 Å². The molecular formula is C34H32F2N4O7S. The number of nitrogens with one attached hydrogen (secondary N) is 2. The number of amides is 2. The standard InChI is InChI=1S/C34H32F2N4O7S/c1-16-39-27-24(45-20-7-8-20)10-17(11-25(27)48-16)29(41)38-14-33(43,18-4-5-18)26-13-21-28(44-15-31(21,2)30(37)42)32(3,40-26)19-6-9-22-23(12-19)47-34(35,36)46-22/h4,6,9-13,20,40,43H,5,7-8,14-15H2,1-3H3,(H2,37,42)(H,38,41)/t31-,32?,33+/m0/s1. The van der Waals surface area contributed by atoms with E-state index in [9.17, 15) is 23.5 Å². The monoisotopic (exact) mass is 678 g/mol. The van der Waals surface area contributed by atoms with Crippen molar-refractivity contribution in [2.24, 2.45) is 11.1 Å². The van der Waals surface area contributed by atoms with Crippen LogP contribution in [-0.4, -0.2) is 53.1 Å². The molecule has 3 atom stereocenters. The SMILES string of the molecule is Cc1nc2c(OC3CC3)cc(C(=O)NC[C@@](O)(C3=CC3)C3=CC4=C(OC[C@]4(C)C(N)=O)C(C)(c4ccc5c(c4)OC(F)(F)O5)N3)cc2s1. The van der Waals surface area contributed by atoms with Gasteiger partial charge in [-0.2, -0.15) is 0 Å². The van der Waals surface area contributed by atoms with Crippen LogP contribution in [0.15, 0.2) is 65.1 Å². The van der Waals surface area contributed by atoms with Gasteiger partial charge in [0.1, 0.15) is 40.2 Å². The van der Waals surface area contributed by atoms with Crippen molar-refractivity contribution in [2.75, 3.05) is 13.2 Å². The van der Waals surface area contributed by atoms with Crippen molar-refractivity contribution < 1.29 is 42.4 Å². The number of allylic oxidation sites excluding steroid dienone is 2. The van der Waals surface area contributed by atoms with Gasteiger partial charge in [-0.25, -0.2) is 4.98 Å².